The molecule has 0 spiro atoms. The largest absolute Gasteiger partial charge is 0.480 e. The van der Waals surface area contributed by atoms with Gasteiger partial charge in [0.1, 0.15) is 5.54 Å². The zero-order chi connectivity index (χ0) is 13.3. The van der Waals surface area contributed by atoms with Crippen molar-refractivity contribution < 1.29 is 9.90 Å². The van der Waals surface area contributed by atoms with Gasteiger partial charge < -0.3 is 15.3 Å². The van der Waals surface area contributed by atoms with E-state index in [1.807, 2.05) is 27.9 Å². The van der Waals surface area contributed by atoms with Crippen LogP contribution in [0.2, 0.25) is 0 Å². The Balaban J connectivity index is 4.30. The third kappa shape index (κ3) is 6.03. The molecule has 102 valence electrons. The lowest BCUT2D eigenvalue weighted by molar-refractivity contribution is -0.145. The van der Waals surface area contributed by atoms with Crippen molar-refractivity contribution in [1.82, 2.24) is 10.2 Å². The number of carboxylic acid groups (broad SMARTS) is 1. The highest BCUT2D eigenvalue weighted by Crippen LogP contribution is 2.20. The van der Waals surface area contributed by atoms with E-state index in [4.69, 9.17) is 0 Å². The smallest absolute Gasteiger partial charge is 0.323 e. The van der Waals surface area contributed by atoms with Gasteiger partial charge in [0.15, 0.2) is 0 Å². The number of hydrogen-bond acceptors (Lipinski definition) is 3. The summed E-state index contributed by atoms with van der Waals surface area (Å²) in [6.07, 6.45) is 4.19. The van der Waals surface area contributed by atoms with Crippen LogP contribution in [0.4, 0.5) is 0 Å². The fraction of sp³-hybridized carbons (Fsp3) is 0.923. The molecule has 4 nitrogen and oxygen atoms in total. The van der Waals surface area contributed by atoms with E-state index in [9.17, 15) is 9.90 Å². The summed E-state index contributed by atoms with van der Waals surface area (Å²) >= 11 is 0. The van der Waals surface area contributed by atoms with Crippen molar-refractivity contribution in [1.29, 1.82) is 0 Å². The van der Waals surface area contributed by atoms with Crippen LogP contribution in [-0.4, -0.2) is 48.7 Å². The van der Waals surface area contributed by atoms with Gasteiger partial charge in [-0.25, -0.2) is 0 Å². The van der Waals surface area contributed by atoms with Crippen LogP contribution < -0.4 is 5.32 Å². The van der Waals surface area contributed by atoms with Crippen LogP contribution in [-0.2, 0) is 4.79 Å². The van der Waals surface area contributed by atoms with E-state index in [0.717, 1.165) is 32.4 Å². The van der Waals surface area contributed by atoms with Crippen molar-refractivity contribution in [2.75, 3.05) is 27.2 Å². The number of carboxylic acids is 1. The van der Waals surface area contributed by atoms with Crippen LogP contribution in [0.15, 0.2) is 0 Å². The molecule has 0 radical (unpaired) electrons. The van der Waals surface area contributed by atoms with E-state index >= 15 is 0 Å². The monoisotopic (exact) mass is 244 g/mol. The maximum absolute atomic E-state index is 11.5. The predicted octanol–water partition coefficient (Wildman–Crippen LogP) is 1.95. The van der Waals surface area contributed by atoms with Gasteiger partial charge in [-0.15, -0.1) is 0 Å². The zero-order valence-corrected chi connectivity index (χ0v) is 11.8. The Morgan fingerprint density at radius 1 is 1.24 bits per heavy atom. The van der Waals surface area contributed by atoms with Crippen molar-refractivity contribution >= 4 is 5.97 Å². The van der Waals surface area contributed by atoms with Gasteiger partial charge in [0.25, 0.3) is 0 Å². The van der Waals surface area contributed by atoms with Crippen LogP contribution in [0.1, 0.15) is 46.0 Å². The standard InChI is InChI=1S/C13H28N2O2/c1-5-8-13(9-6-2,12(16)17)14-10-7-11-15(3)4/h14H,5-11H2,1-4H3,(H,16,17). The highest BCUT2D eigenvalue weighted by molar-refractivity contribution is 5.78. The zero-order valence-electron chi connectivity index (χ0n) is 11.8. The molecule has 0 aromatic carbocycles. The van der Waals surface area contributed by atoms with Gasteiger partial charge in [0.05, 0.1) is 0 Å². The highest BCUT2D eigenvalue weighted by atomic mass is 16.4. The Labute approximate surface area is 105 Å². The second-order valence-electron chi connectivity index (χ2n) is 4.97. The van der Waals surface area contributed by atoms with Crippen molar-refractivity contribution in [3.63, 3.8) is 0 Å². The Morgan fingerprint density at radius 2 is 1.76 bits per heavy atom. The van der Waals surface area contributed by atoms with E-state index in [-0.39, 0.29) is 0 Å². The molecule has 2 N–H and O–H groups in total. The Morgan fingerprint density at radius 3 is 2.12 bits per heavy atom. The van der Waals surface area contributed by atoms with E-state index in [0.29, 0.717) is 12.8 Å². The molecule has 0 aliphatic rings. The number of rotatable bonds is 10. The minimum absolute atomic E-state index is 0.703. The molecule has 0 aliphatic carbocycles. The first-order valence-electron chi connectivity index (χ1n) is 6.61. The van der Waals surface area contributed by atoms with E-state index < -0.39 is 11.5 Å². The van der Waals surface area contributed by atoms with Gasteiger partial charge in [-0.05, 0) is 46.4 Å². The molecule has 0 heterocycles. The van der Waals surface area contributed by atoms with Crippen molar-refractivity contribution in [3.8, 4) is 0 Å². The number of carbonyl (C=O) groups is 1. The second-order valence-corrected chi connectivity index (χ2v) is 4.97. The number of hydrogen-bond donors (Lipinski definition) is 2. The van der Waals surface area contributed by atoms with E-state index in [1.165, 1.54) is 0 Å². The number of nitrogens with zero attached hydrogens (tertiary/aromatic N) is 1. The lowest BCUT2D eigenvalue weighted by Crippen LogP contribution is -2.52. The van der Waals surface area contributed by atoms with Crippen molar-refractivity contribution in [3.05, 3.63) is 0 Å². The number of aliphatic carboxylic acids is 1. The maximum atomic E-state index is 11.5. The van der Waals surface area contributed by atoms with Crippen LogP contribution in [0.25, 0.3) is 0 Å². The molecular formula is C13H28N2O2. The number of nitrogens with one attached hydrogen (secondary N) is 1. The summed E-state index contributed by atoms with van der Waals surface area (Å²) in [6, 6.07) is 0. The van der Waals surface area contributed by atoms with Gasteiger partial charge in [0, 0.05) is 0 Å². The Hall–Kier alpha value is -0.610. The molecule has 0 bridgehead atoms. The molecule has 0 amide bonds. The summed E-state index contributed by atoms with van der Waals surface area (Å²) in [6.45, 7) is 5.83. The molecule has 0 aromatic rings. The average molecular weight is 244 g/mol. The van der Waals surface area contributed by atoms with Crippen LogP contribution in [0.3, 0.4) is 0 Å². The molecule has 0 saturated heterocycles. The van der Waals surface area contributed by atoms with Gasteiger partial charge in [0.2, 0.25) is 0 Å². The molecule has 0 saturated carbocycles. The Kier molecular flexibility index (Phi) is 8.17. The third-order valence-corrected chi connectivity index (χ3v) is 3.01. The third-order valence-electron chi connectivity index (χ3n) is 3.01. The molecule has 17 heavy (non-hydrogen) atoms. The fourth-order valence-corrected chi connectivity index (χ4v) is 2.17. The van der Waals surface area contributed by atoms with Crippen LogP contribution in [0, 0.1) is 0 Å². The van der Waals surface area contributed by atoms with Crippen LogP contribution >= 0.6 is 0 Å². The second kappa shape index (κ2) is 8.48. The molecule has 0 aromatic heterocycles. The first-order valence-corrected chi connectivity index (χ1v) is 6.61. The summed E-state index contributed by atoms with van der Waals surface area (Å²) in [7, 11) is 4.06. The van der Waals surface area contributed by atoms with Crippen molar-refractivity contribution in [2.24, 2.45) is 0 Å². The minimum Gasteiger partial charge on any atom is -0.480 e. The quantitative estimate of drug-likeness (QED) is 0.577. The van der Waals surface area contributed by atoms with Gasteiger partial charge in [-0.1, -0.05) is 26.7 Å². The van der Waals surface area contributed by atoms with E-state index in [2.05, 4.69) is 10.2 Å². The Bertz CT molecular complexity index is 211. The first-order chi connectivity index (χ1) is 7.98. The van der Waals surface area contributed by atoms with Gasteiger partial charge >= 0.3 is 5.97 Å². The minimum atomic E-state index is -0.712. The summed E-state index contributed by atoms with van der Waals surface area (Å²) in [4.78, 5) is 13.6. The highest BCUT2D eigenvalue weighted by Gasteiger charge is 2.35. The summed E-state index contributed by atoms with van der Waals surface area (Å²) in [5.41, 5.74) is -0.712. The van der Waals surface area contributed by atoms with Crippen molar-refractivity contribution in [2.45, 2.75) is 51.5 Å². The predicted molar refractivity (Wildman–Crippen MR) is 71.4 cm³/mol. The summed E-state index contributed by atoms with van der Waals surface area (Å²) in [5.74, 6) is -0.703. The molecule has 0 rings (SSSR count). The molecule has 0 unspecified atom stereocenters. The molecule has 4 heteroatoms. The molecular weight excluding hydrogens is 216 g/mol. The first kappa shape index (κ1) is 16.4. The molecule has 0 fully saturated rings. The van der Waals surface area contributed by atoms with Gasteiger partial charge in [-0.3, -0.25) is 4.79 Å². The lowest BCUT2D eigenvalue weighted by Gasteiger charge is -2.30. The maximum Gasteiger partial charge on any atom is 0.323 e. The summed E-state index contributed by atoms with van der Waals surface area (Å²) in [5, 5.41) is 12.7. The topological polar surface area (TPSA) is 52.6 Å². The van der Waals surface area contributed by atoms with E-state index in [1.54, 1.807) is 0 Å². The average Bonchev–Trinajstić information content (AvgIpc) is 2.24. The van der Waals surface area contributed by atoms with Gasteiger partial charge in [-0.2, -0.15) is 0 Å². The van der Waals surface area contributed by atoms with Crippen LogP contribution in [0.5, 0.6) is 0 Å². The SMILES string of the molecule is CCCC(CCC)(NCCCN(C)C)C(=O)O. The molecule has 0 atom stereocenters. The summed E-state index contributed by atoms with van der Waals surface area (Å²) < 4.78 is 0. The lowest BCUT2D eigenvalue weighted by atomic mass is 9.88. The normalized spacial score (nSPS) is 12.1. The molecule has 0 aliphatic heterocycles. The fourth-order valence-electron chi connectivity index (χ4n) is 2.17.